The van der Waals surface area contributed by atoms with Crippen LogP contribution in [-0.4, -0.2) is 45.7 Å². The summed E-state index contributed by atoms with van der Waals surface area (Å²) in [7, 11) is 0. The highest BCUT2D eigenvalue weighted by molar-refractivity contribution is 6.30. The second kappa shape index (κ2) is 18.7. The Morgan fingerprint density at radius 3 is 2.59 bits per heavy atom. The summed E-state index contributed by atoms with van der Waals surface area (Å²) in [6, 6.07) is 29.7. The Hall–Kier alpha value is -5.41. The summed E-state index contributed by atoms with van der Waals surface area (Å²) in [6.07, 6.45) is 12.2. The molecule has 0 radical (unpaired) electrons. The second-order valence-corrected chi connectivity index (χ2v) is 18.1. The van der Waals surface area contributed by atoms with Gasteiger partial charge in [0.05, 0.1) is 18.9 Å². The van der Waals surface area contributed by atoms with E-state index < -0.39 is 11.5 Å². The zero-order valence-corrected chi connectivity index (χ0v) is 36.1. The lowest BCUT2D eigenvalue weighted by molar-refractivity contribution is -0.144. The molecule has 0 bridgehead atoms. The van der Waals surface area contributed by atoms with Crippen molar-refractivity contribution in [1.82, 2.24) is 15.3 Å². The normalized spacial score (nSPS) is 22.1. The largest absolute Gasteiger partial charge is 0.494 e. The molecule has 1 spiro atoms. The first kappa shape index (κ1) is 42.3. The Kier molecular flexibility index (Phi) is 13.0. The number of pyridine rings is 2. The Labute approximate surface area is 364 Å². The molecule has 1 saturated carbocycles. The van der Waals surface area contributed by atoms with Crippen LogP contribution in [0.4, 0.5) is 5.69 Å². The molecule has 1 amide bonds. The molecule has 3 aliphatic rings. The van der Waals surface area contributed by atoms with Crippen LogP contribution < -0.4 is 20.1 Å². The smallest absolute Gasteiger partial charge is 0.329 e. The number of aryl methyl sites for hydroxylation is 1. The van der Waals surface area contributed by atoms with Crippen LogP contribution in [0.5, 0.6) is 11.5 Å². The maximum Gasteiger partial charge on any atom is 0.329 e. The van der Waals surface area contributed by atoms with Crippen LogP contribution in [0.25, 0.3) is 11.3 Å². The van der Waals surface area contributed by atoms with Gasteiger partial charge in [0.2, 0.25) is 5.91 Å². The molecular formula is C51H57ClN4O5. The van der Waals surface area contributed by atoms with E-state index in [1.54, 1.807) is 18.3 Å². The average Bonchev–Trinajstić information content (AvgIpc) is 3.55. The van der Waals surface area contributed by atoms with E-state index in [1.807, 2.05) is 60.8 Å². The minimum Gasteiger partial charge on any atom is -0.494 e. The van der Waals surface area contributed by atoms with E-state index in [0.717, 1.165) is 73.3 Å². The number of halogens is 1. The van der Waals surface area contributed by atoms with E-state index >= 15 is 0 Å². The molecule has 2 heterocycles. The van der Waals surface area contributed by atoms with Crippen molar-refractivity contribution >= 4 is 29.2 Å². The molecule has 9 nitrogen and oxygen atoms in total. The fraction of sp³-hybridized carbons (Fsp3) is 0.412. The predicted octanol–water partition coefficient (Wildman–Crippen LogP) is 10.7. The fourth-order valence-corrected chi connectivity index (χ4v) is 10.4. The van der Waals surface area contributed by atoms with Crippen LogP contribution in [0.15, 0.2) is 103 Å². The number of amides is 1. The molecule has 10 heteroatoms. The molecule has 0 aliphatic heterocycles. The van der Waals surface area contributed by atoms with Crippen LogP contribution in [0.2, 0.25) is 5.02 Å². The summed E-state index contributed by atoms with van der Waals surface area (Å²) >= 11 is 6.32. The lowest BCUT2D eigenvalue weighted by atomic mass is 9.59. The molecule has 3 aromatic carbocycles. The van der Waals surface area contributed by atoms with Crippen LogP contribution in [0.1, 0.15) is 106 Å². The number of hydrogen-bond donors (Lipinski definition) is 3. The van der Waals surface area contributed by atoms with Crippen molar-refractivity contribution in [2.24, 2.45) is 11.8 Å². The second-order valence-electron chi connectivity index (χ2n) is 17.7. The molecule has 3 N–H and O–H groups in total. The molecule has 61 heavy (non-hydrogen) atoms. The number of nitrogens with one attached hydrogen (secondary N) is 2. The van der Waals surface area contributed by atoms with Gasteiger partial charge in [0.1, 0.15) is 17.0 Å². The van der Waals surface area contributed by atoms with Crippen molar-refractivity contribution in [3.05, 3.63) is 136 Å². The van der Waals surface area contributed by atoms with Gasteiger partial charge >= 0.3 is 5.97 Å². The number of carboxylic acids is 1. The number of fused-ring (bicyclic) bond motifs is 3. The third kappa shape index (κ3) is 9.57. The van der Waals surface area contributed by atoms with Crippen molar-refractivity contribution < 1.29 is 24.2 Å². The van der Waals surface area contributed by atoms with Gasteiger partial charge in [-0.2, -0.15) is 0 Å². The maximum atomic E-state index is 13.1. The number of carbonyl (C=O) groups excluding carboxylic acids is 1. The topological polar surface area (TPSA) is 123 Å². The predicted molar refractivity (Wildman–Crippen MR) is 240 cm³/mol. The first-order chi connectivity index (χ1) is 29.6. The number of aromatic nitrogens is 2. The number of anilines is 1. The number of carboxylic acid groups (broad SMARTS) is 1. The Bertz CT molecular complexity index is 2330. The number of aliphatic carboxylic acids is 1. The zero-order valence-electron chi connectivity index (χ0n) is 35.3. The van der Waals surface area contributed by atoms with Gasteiger partial charge in [0.25, 0.3) is 0 Å². The molecule has 8 rings (SSSR count). The van der Waals surface area contributed by atoms with E-state index in [2.05, 4.69) is 58.7 Å². The van der Waals surface area contributed by atoms with Gasteiger partial charge in [-0.25, -0.2) is 4.79 Å². The van der Waals surface area contributed by atoms with E-state index in [9.17, 15) is 14.7 Å². The summed E-state index contributed by atoms with van der Waals surface area (Å²) in [6.45, 7) is 6.03. The van der Waals surface area contributed by atoms with E-state index in [0.29, 0.717) is 68.0 Å². The number of benzene rings is 3. The molecule has 318 valence electrons. The third-order valence-electron chi connectivity index (χ3n) is 13.5. The Morgan fingerprint density at radius 1 is 0.934 bits per heavy atom. The van der Waals surface area contributed by atoms with Crippen molar-refractivity contribution in [1.29, 1.82) is 0 Å². The number of nitrogens with zero attached hydrogens (tertiary/aromatic N) is 2. The molecule has 1 fully saturated rings. The van der Waals surface area contributed by atoms with Gasteiger partial charge in [-0.3, -0.25) is 14.8 Å². The highest BCUT2D eigenvalue weighted by Gasteiger charge is 2.54. The minimum absolute atomic E-state index is 0.0190. The third-order valence-corrected chi connectivity index (χ3v) is 13.7. The summed E-state index contributed by atoms with van der Waals surface area (Å²) in [5.74, 6) is 1.92. The fourth-order valence-electron chi connectivity index (χ4n) is 10.3. The molecule has 3 atom stereocenters. The molecule has 0 unspecified atom stereocenters. The summed E-state index contributed by atoms with van der Waals surface area (Å²) in [5, 5.41) is 17.7. The summed E-state index contributed by atoms with van der Waals surface area (Å²) < 4.78 is 12.9. The van der Waals surface area contributed by atoms with Crippen LogP contribution >= 0.6 is 11.6 Å². The summed E-state index contributed by atoms with van der Waals surface area (Å²) in [5.41, 5.74) is 7.35. The molecule has 2 aromatic heterocycles. The maximum absolute atomic E-state index is 13.1. The SMILES string of the molecule is C[C@@H](COc1ccnc2c1[C@H](C)CCC2)C[C@H]1Cc2ccc(OCCCC(=O)NCc3cccc(-c4ccccn4)c3)cc2C12CCC(Nc1cccc(Cl)c1)(C(=O)O)CC2. The first-order valence-electron chi connectivity index (χ1n) is 22.0. The van der Waals surface area contributed by atoms with Crippen molar-refractivity contribution in [2.75, 3.05) is 18.5 Å². The minimum atomic E-state index is -1.11. The Morgan fingerprint density at radius 2 is 1.79 bits per heavy atom. The van der Waals surface area contributed by atoms with E-state index in [4.69, 9.17) is 21.1 Å². The quantitative estimate of drug-likeness (QED) is 0.0840. The van der Waals surface area contributed by atoms with Crippen molar-refractivity contribution in [2.45, 2.75) is 108 Å². The average molecular weight is 841 g/mol. The highest BCUT2D eigenvalue weighted by Crippen LogP contribution is 2.57. The van der Waals surface area contributed by atoms with Gasteiger partial charge in [-0.1, -0.05) is 61.8 Å². The number of hydrogen-bond acceptors (Lipinski definition) is 7. The molecular weight excluding hydrogens is 784 g/mol. The van der Waals surface area contributed by atoms with Crippen LogP contribution in [0.3, 0.4) is 0 Å². The number of ether oxygens (including phenoxy) is 2. The lowest BCUT2D eigenvalue weighted by Crippen LogP contribution is -2.53. The monoisotopic (exact) mass is 840 g/mol. The Balaban J connectivity index is 0.931. The molecule has 5 aromatic rings. The van der Waals surface area contributed by atoms with Gasteiger partial charge in [-0.15, -0.1) is 0 Å². The number of carbonyl (C=O) groups is 2. The molecule has 0 saturated heterocycles. The zero-order chi connectivity index (χ0) is 42.4. The van der Waals surface area contributed by atoms with E-state index in [-0.39, 0.29) is 17.2 Å². The van der Waals surface area contributed by atoms with E-state index in [1.165, 1.54) is 22.4 Å². The molecule has 3 aliphatic carbocycles. The van der Waals surface area contributed by atoms with Crippen molar-refractivity contribution in [3.8, 4) is 22.8 Å². The van der Waals surface area contributed by atoms with Crippen LogP contribution in [-0.2, 0) is 34.4 Å². The standard InChI is InChI=1S/C51H57ClN4O5/c1-34(33-61-46-19-25-54-45-15-5-9-35(2)48(45)46)27-39-29-37-17-18-42(60-26-8-16-47(57)55-32-36-10-6-11-38(28-36)44-14-3-4-24-53-44)31-43(37)50(39)20-22-51(23-21-50,49(58)59)56-41-13-7-12-40(52)30-41/h3-4,6-7,10-14,17-19,24-25,28,30-31,34-35,39,56H,5,8-9,15-16,20-23,26-27,29,32-33H2,1-2H3,(H,55,57)(H,58,59)/t34-,35-,39+,50?,51?/m1/s1. The summed E-state index contributed by atoms with van der Waals surface area (Å²) in [4.78, 5) is 35.1. The van der Waals surface area contributed by atoms with Crippen molar-refractivity contribution in [3.63, 3.8) is 0 Å². The van der Waals surface area contributed by atoms with Gasteiger partial charge in [0, 0.05) is 52.9 Å². The highest BCUT2D eigenvalue weighted by atomic mass is 35.5. The van der Waals surface area contributed by atoms with Gasteiger partial charge in [-0.05, 0) is 159 Å². The number of rotatable bonds is 16. The lowest BCUT2D eigenvalue weighted by Gasteiger charge is -2.47. The van der Waals surface area contributed by atoms with Gasteiger partial charge in [0.15, 0.2) is 0 Å². The van der Waals surface area contributed by atoms with Gasteiger partial charge < -0.3 is 25.2 Å². The first-order valence-corrected chi connectivity index (χ1v) is 22.4. The van der Waals surface area contributed by atoms with Crippen LogP contribution in [0, 0.1) is 11.8 Å².